The van der Waals surface area contributed by atoms with Gasteiger partial charge in [0.2, 0.25) is 0 Å². The van der Waals surface area contributed by atoms with Gasteiger partial charge in [-0.3, -0.25) is 4.99 Å². The summed E-state index contributed by atoms with van der Waals surface area (Å²) in [5.74, 6) is 1.07. The maximum atomic E-state index is 12.2. The third-order valence-electron chi connectivity index (χ3n) is 2.90. The molecule has 0 N–H and O–H groups in total. The fraction of sp³-hybridized carbons (Fsp3) is 0.500. The summed E-state index contributed by atoms with van der Waals surface area (Å²) >= 11 is 0. The van der Waals surface area contributed by atoms with Crippen molar-refractivity contribution < 1.29 is 13.2 Å². The van der Waals surface area contributed by atoms with Crippen LogP contribution in [0.2, 0.25) is 0 Å². The van der Waals surface area contributed by atoms with Gasteiger partial charge in [-0.05, 0) is 13.8 Å². The van der Waals surface area contributed by atoms with Gasteiger partial charge in [-0.15, -0.1) is 0 Å². The minimum Gasteiger partial charge on any atom is -0.359 e. The van der Waals surface area contributed by atoms with E-state index < -0.39 is 12.6 Å². The number of allylic oxidation sites excluding steroid dienone is 1. The standard InChI is InChI=1S/C14H19F3N4/c1-5-21(4)13-11(3)12(19-9-20-13)18-7-6-10(2)8-14(15,16)17/h6,9H,3,5,7-8H2,1-2,4H3/b10-6+,18-12?. The van der Waals surface area contributed by atoms with Crippen molar-refractivity contribution in [3.05, 3.63) is 23.8 Å². The van der Waals surface area contributed by atoms with E-state index in [2.05, 4.69) is 21.6 Å². The van der Waals surface area contributed by atoms with Gasteiger partial charge < -0.3 is 4.90 Å². The minimum atomic E-state index is -4.19. The molecule has 21 heavy (non-hydrogen) atoms. The number of likely N-dealkylation sites (N-methyl/N-ethyl adjacent to an activating group) is 1. The molecule has 0 saturated heterocycles. The second-order valence-electron chi connectivity index (χ2n) is 4.70. The Labute approximate surface area is 122 Å². The van der Waals surface area contributed by atoms with E-state index in [-0.39, 0.29) is 12.1 Å². The van der Waals surface area contributed by atoms with Crippen molar-refractivity contribution >= 4 is 18.0 Å². The number of amidine groups is 2. The molecule has 0 radical (unpaired) electrons. The van der Waals surface area contributed by atoms with Crippen molar-refractivity contribution in [2.75, 3.05) is 20.1 Å². The van der Waals surface area contributed by atoms with E-state index in [1.54, 1.807) is 0 Å². The summed E-state index contributed by atoms with van der Waals surface area (Å²) < 4.78 is 36.6. The Bertz CT molecular complexity index is 513. The number of hydrogen-bond donors (Lipinski definition) is 0. The predicted octanol–water partition coefficient (Wildman–Crippen LogP) is 3.23. The quantitative estimate of drug-likeness (QED) is 0.735. The molecule has 0 fully saturated rings. The predicted molar refractivity (Wildman–Crippen MR) is 80.1 cm³/mol. The Morgan fingerprint density at radius 2 is 2.14 bits per heavy atom. The minimum absolute atomic E-state index is 0.136. The monoisotopic (exact) mass is 300 g/mol. The first-order valence-corrected chi connectivity index (χ1v) is 6.52. The Morgan fingerprint density at radius 1 is 1.48 bits per heavy atom. The summed E-state index contributed by atoms with van der Waals surface area (Å²) in [6.45, 7) is 8.18. The molecule has 0 aromatic heterocycles. The molecular formula is C14H19F3N4. The fourth-order valence-corrected chi connectivity index (χ4v) is 1.69. The lowest BCUT2D eigenvalue weighted by Gasteiger charge is -2.21. The lowest BCUT2D eigenvalue weighted by molar-refractivity contribution is -0.127. The molecule has 7 heteroatoms. The molecule has 116 valence electrons. The summed E-state index contributed by atoms with van der Waals surface area (Å²) in [7, 11) is 1.87. The molecule has 0 saturated carbocycles. The second-order valence-corrected chi connectivity index (χ2v) is 4.70. The number of nitrogens with zero attached hydrogens (tertiary/aromatic N) is 4. The Balaban J connectivity index is 2.71. The van der Waals surface area contributed by atoms with Crippen molar-refractivity contribution in [1.29, 1.82) is 0 Å². The molecule has 4 nitrogen and oxygen atoms in total. The van der Waals surface area contributed by atoms with Crippen LogP contribution in [0.25, 0.3) is 0 Å². The van der Waals surface area contributed by atoms with Crippen molar-refractivity contribution in [1.82, 2.24) is 4.90 Å². The molecule has 0 aliphatic carbocycles. The van der Waals surface area contributed by atoms with Crippen LogP contribution in [0, 0.1) is 0 Å². The Kier molecular flexibility index (Phi) is 5.87. The highest BCUT2D eigenvalue weighted by Crippen LogP contribution is 2.23. The molecule has 0 amide bonds. The number of alkyl halides is 3. The zero-order valence-electron chi connectivity index (χ0n) is 12.4. The first-order valence-electron chi connectivity index (χ1n) is 6.52. The van der Waals surface area contributed by atoms with Gasteiger partial charge in [0.25, 0.3) is 0 Å². The first-order chi connectivity index (χ1) is 9.74. The summed E-state index contributed by atoms with van der Waals surface area (Å²) in [4.78, 5) is 14.2. The molecule has 1 aliphatic rings. The van der Waals surface area contributed by atoms with Crippen LogP contribution in [0.1, 0.15) is 20.3 Å². The third kappa shape index (κ3) is 5.53. The largest absolute Gasteiger partial charge is 0.392 e. The van der Waals surface area contributed by atoms with Crippen molar-refractivity contribution in [2.45, 2.75) is 26.4 Å². The highest BCUT2D eigenvalue weighted by Gasteiger charge is 2.27. The molecule has 1 heterocycles. The Hall–Kier alpha value is -1.92. The van der Waals surface area contributed by atoms with Gasteiger partial charge in [-0.2, -0.15) is 13.2 Å². The van der Waals surface area contributed by atoms with Crippen LogP contribution in [0.15, 0.2) is 38.8 Å². The SMILES string of the molecule is C=C1C(=NC/C=C(\C)CC(F)(F)F)N=CN=C1N(C)CC. The molecule has 0 aromatic carbocycles. The van der Waals surface area contributed by atoms with E-state index in [9.17, 15) is 13.2 Å². The fourth-order valence-electron chi connectivity index (χ4n) is 1.69. The highest BCUT2D eigenvalue weighted by atomic mass is 19.4. The van der Waals surface area contributed by atoms with Gasteiger partial charge in [0, 0.05) is 13.6 Å². The number of aliphatic imine (C=N–C) groups is 3. The van der Waals surface area contributed by atoms with Crippen molar-refractivity contribution in [3.8, 4) is 0 Å². The van der Waals surface area contributed by atoms with Crippen LogP contribution in [-0.2, 0) is 0 Å². The van der Waals surface area contributed by atoms with Crippen LogP contribution in [-0.4, -0.2) is 49.2 Å². The Morgan fingerprint density at radius 3 is 2.71 bits per heavy atom. The van der Waals surface area contributed by atoms with Gasteiger partial charge in [0.15, 0.2) is 5.84 Å². The van der Waals surface area contributed by atoms with E-state index in [1.165, 1.54) is 19.3 Å². The molecule has 0 unspecified atom stereocenters. The lowest BCUT2D eigenvalue weighted by atomic mass is 10.2. The van der Waals surface area contributed by atoms with E-state index in [4.69, 9.17) is 0 Å². The van der Waals surface area contributed by atoms with Crippen molar-refractivity contribution in [3.63, 3.8) is 0 Å². The van der Waals surface area contributed by atoms with Crippen LogP contribution in [0.3, 0.4) is 0 Å². The molecule has 0 bridgehead atoms. The average molecular weight is 300 g/mol. The highest BCUT2D eigenvalue weighted by molar-refractivity contribution is 6.27. The molecular weight excluding hydrogens is 281 g/mol. The zero-order chi connectivity index (χ0) is 16.0. The van der Waals surface area contributed by atoms with E-state index >= 15 is 0 Å². The smallest absolute Gasteiger partial charge is 0.359 e. The maximum Gasteiger partial charge on any atom is 0.392 e. The van der Waals surface area contributed by atoms with E-state index in [0.29, 0.717) is 17.2 Å². The normalized spacial score (nSPS) is 18.2. The topological polar surface area (TPSA) is 40.3 Å². The zero-order valence-corrected chi connectivity index (χ0v) is 12.4. The summed E-state index contributed by atoms with van der Waals surface area (Å²) in [6.07, 6.45) is -2.29. The van der Waals surface area contributed by atoms with E-state index in [0.717, 1.165) is 6.54 Å². The van der Waals surface area contributed by atoms with Gasteiger partial charge in [-0.25, -0.2) is 9.98 Å². The van der Waals surface area contributed by atoms with Crippen LogP contribution < -0.4 is 0 Å². The number of rotatable bonds is 4. The molecule has 0 atom stereocenters. The molecule has 1 rings (SSSR count). The van der Waals surface area contributed by atoms with Crippen LogP contribution in [0.5, 0.6) is 0 Å². The van der Waals surface area contributed by atoms with Gasteiger partial charge in [0.05, 0.1) is 18.5 Å². The third-order valence-corrected chi connectivity index (χ3v) is 2.90. The van der Waals surface area contributed by atoms with E-state index in [1.807, 2.05) is 18.9 Å². The summed E-state index contributed by atoms with van der Waals surface area (Å²) in [5, 5.41) is 0. The van der Waals surface area contributed by atoms with Crippen LogP contribution in [0.4, 0.5) is 13.2 Å². The van der Waals surface area contributed by atoms with Gasteiger partial charge in [0.1, 0.15) is 12.2 Å². The molecule has 1 aliphatic heterocycles. The lowest BCUT2D eigenvalue weighted by Crippen LogP contribution is -2.32. The van der Waals surface area contributed by atoms with Crippen LogP contribution >= 0.6 is 0 Å². The summed E-state index contributed by atoms with van der Waals surface area (Å²) in [5.41, 5.74) is 0.806. The first kappa shape index (κ1) is 17.1. The van der Waals surface area contributed by atoms with Gasteiger partial charge in [-0.1, -0.05) is 18.2 Å². The number of hydrogen-bond acceptors (Lipinski definition) is 3. The van der Waals surface area contributed by atoms with Crippen molar-refractivity contribution in [2.24, 2.45) is 15.0 Å². The summed E-state index contributed by atoms with van der Waals surface area (Å²) in [6, 6.07) is 0. The maximum absolute atomic E-state index is 12.2. The second kappa shape index (κ2) is 7.19. The molecule has 0 aromatic rings. The molecule has 0 spiro atoms. The number of halogens is 3. The van der Waals surface area contributed by atoms with Gasteiger partial charge >= 0.3 is 6.18 Å². The average Bonchev–Trinajstić information content (AvgIpc) is 2.38.